The molecule has 1 aromatic rings. The van der Waals surface area contributed by atoms with Gasteiger partial charge in [-0.3, -0.25) is 10.1 Å². The predicted molar refractivity (Wildman–Crippen MR) is 78.4 cm³/mol. The molecule has 0 saturated carbocycles. The zero-order chi connectivity index (χ0) is 14.9. The first-order chi connectivity index (χ1) is 9.38. The van der Waals surface area contributed by atoms with Crippen molar-refractivity contribution in [3.05, 3.63) is 33.3 Å². The number of nitro benzene ring substituents is 1. The molecule has 1 heterocycles. The van der Waals surface area contributed by atoms with E-state index in [2.05, 4.69) is 4.90 Å². The molecule has 1 saturated heterocycles. The Morgan fingerprint density at radius 1 is 1.55 bits per heavy atom. The number of benzene rings is 1. The van der Waals surface area contributed by atoms with Crippen molar-refractivity contribution in [1.29, 1.82) is 0 Å². The number of hydrogen-bond acceptors (Lipinski definition) is 5. The Morgan fingerprint density at radius 2 is 2.25 bits per heavy atom. The molecule has 1 aliphatic heterocycles. The van der Waals surface area contributed by atoms with Gasteiger partial charge in [0.2, 0.25) is 0 Å². The van der Waals surface area contributed by atoms with Gasteiger partial charge in [-0.2, -0.15) is 0 Å². The maximum absolute atomic E-state index is 10.7. The summed E-state index contributed by atoms with van der Waals surface area (Å²) in [5.41, 5.74) is 0.711. The molecule has 1 aromatic carbocycles. The molecule has 0 spiro atoms. The number of aliphatic hydroxyl groups is 1. The van der Waals surface area contributed by atoms with Gasteiger partial charge < -0.3 is 14.9 Å². The van der Waals surface area contributed by atoms with Gasteiger partial charge in [-0.25, -0.2) is 0 Å². The number of rotatable bonds is 4. The van der Waals surface area contributed by atoms with E-state index in [0.29, 0.717) is 18.0 Å². The Balaban J connectivity index is 2.27. The smallest absolute Gasteiger partial charge is 0.271 e. The topological polar surface area (TPSA) is 69.8 Å². The first-order valence-electron chi connectivity index (χ1n) is 6.42. The molecule has 2 unspecified atom stereocenters. The number of nitro groups is 1. The van der Waals surface area contributed by atoms with Crippen LogP contribution in [0, 0.1) is 10.1 Å². The number of likely N-dealkylation sites (N-methyl/N-ethyl adjacent to an activating group) is 1. The van der Waals surface area contributed by atoms with Crippen LogP contribution in [0.5, 0.6) is 0 Å². The Labute approximate surface area is 122 Å². The summed E-state index contributed by atoms with van der Waals surface area (Å²) in [7, 11) is 3.95. The van der Waals surface area contributed by atoms with Crippen LogP contribution in [0.3, 0.4) is 0 Å². The van der Waals surface area contributed by atoms with Crippen LogP contribution in [0.15, 0.2) is 18.2 Å². The van der Waals surface area contributed by atoms with Gasteiger partial charge in [0.15, 0.2) is 0 Å². The molecule has 0 amide bonds. The van der Waals surface area contributed by atoms with Crippen molar-refractivity contribution in [2.45, 2.75) is 18.6 Å². The summed E-state index contributed by atoms with van der Waals surface area (Å²) in [6.07, 6.45) is 0.275. The second kappa shape index (κ2) is 5.95. The highest BCUT2D eigenvalue weighted by Gasteiger charge is 2.32. The van der Waals surface area contributed by atoms with Crippen LogP contribution in [0.4, 0.5) is 11.4 Å². The zero-order valence-corrected chi connectivity index (χ0v) is 12.2. The van der Waals surface area contributed by atoms with Crippen LogP contribution >= 0.6 is 11.6 Å². The zero-order valence-electron chi connectivity index (χ0n) is 11.5. The Hall–Kier alpha value is -1.37. The SMILES string of the molecule is CN(C)CC1CC(O)CN1c1ccc([N+](=O)[O-])cc1Cl. The minimum Gasteiger partial charge on any atom is -0.391 e. The summed E-state index contributed by atoms with van der Waals surface area (Å²) >= 11 is 6.16. The molecule has 0 radical (unpaired) electrons. The Bertz CT molecular complexity index is 510. The molecule has 1 aliphatic rings. The van der Waals surface area contributed by atoms with Crippen molar-refractivity contribution in [3.8, 4) is 0 Å². The highest BCUT2D eigenvalue weighted by molar-refractivity contribution is 6.33. The van der Waals surface area contributed by atoms with E-state index in [9.17, 15) is 15.2 Å². The van der Waals surface area contributed by atoms with Crippen LogP contribution < -0.4 is 4.90 Å². The molecule has 1 N–H and O–H groups in total. The summed E-state index contributed by atoms with van der Waals surface area (Å²) in [5.74, 6) is 0. The monoisotopic (exact) mass is 299 g/mol. The van der Waals surface area contributed by atoms with Crippen LogP contribution in [0.25, 0.3) is 0 Å². The van der Waals surface area contributed by atoms with Crippen molar-refractivity contribution >= 4 is 23.0 Å². The highest BCUT2D eigenvalue weighted by Crippen LogP contribution is 2.34. The van der Waals surface area contributed by atoms with E-state index in [1.807, 2.05) is 19.0 Å². The van der Waals surface area contributed by atoms with Gasteiger partial charge in [0.1, 0.15) is 0 Å². The van der Waals surface area contributed by atoms with Crippen molar-refractivity contribution < 1.29 is 10.0 Å². The minimum absolute atomic E-state index is 0.0253. The molecule has 20 heavy (non-hydrogen) atoms. The predicted octanol–water partition coefficient (Wildman–Crippen LogP) is 1.75. The number of non-ortho nitro benzene ring substituents is 1. The average Bonchev–Trinajstić information content (AvgIpc) is 2.68. The largest absolute Gasteiger partial charge is 0.391 e. The first-order valence-corrected chi connectivity index (χ1v) is 6.79. The Morgan fingerprint density at radius 3 is 2.80 bits per heavy atom. The summed E-state index contributed by atoms with van der Waals surface area (Å²) in [4.78, 5) is 14.3. The second-order valence-electron chi connectivity index (χ2n) is 5.35. The molecule has 0 bridgehead atoms. The lowest BCUT2D eigenvalue weighted by atomic mass is 10.2. The molecule has 6 nitrogen and oxygen atoms in total. The fourth-order valence-electron chi connectivity index (χ4n) is 2.62. The second-order valence-corrected chi connectivity index (χ2v) is 5.76. The third kappa shape index (κ3) is 3.20. The summed E-state index contributed by atoms with van der Waals surface area (Å²) < 4.78 is 0. The summed E-state index contributed by atoms with van der Waals surface area (Å²) in [6.45, 7) is 1.29. The van der Waals surface area contributed by atoms with Crippen molar-refractivity contribution in [2.75, 3.05) is 32.1 Å². The molecule has 1 fully saturated rings. The van der Waals surface area contributed by atoms with Gasteiger partial charge in [-0.15, -0.1) is 0 Å². The summed E-state index contributed by atoms with van der Waals surface area (Å²) in [5, 5.41) is 20.9. The van der Waals surface area contributed by atoms with Crippen molar-refractivity contribution in [2.24, 2.45) is 0 Å². The number of anilines is 1. The van der Waals surface area contributed by atoms with E-state index < -0.39 is 11.0 Å². The molecule has 110 valence electrons. The van der Waals surface area contributed by atoms with Crippen LogP contribution in [-0.4, -0.2) is 54.3 Å². The van der Waals surface area contributed by atoms with Crippen molar-refractivity contribution in [1.82, 2.24) is 4.90 Å². The molecule has 2 atom stereocenters. The van der Waals surface area contributed by atoms with Gasteiger partial charge in [-0.1, -0.05) is 11.6 Å². The maximum Gasteiger partial charge on any atom is 0.271 e. The number of β-amino-alcohol motifs (C(OH)–C–C–N with tert-alkyl or cyclic N) is 1. The molecular formula is C13H18ClN3O3. The van der Waals surface area contributed by atoms with E-state index in [1.165, 1.54) is 12.1 Å². The fraction of sp³-hybridized carbons (Fsp3) is 0.538. The quantitative estimate of drug-likeness (QED) is 0.677. The lowest BCUT2D eigenvalue weighted by Crippen LogP contribution is -2.37. The maximum atomic E-state index is 10.7. The number of halogens is 1. The average molecular weight is 300 g/mol. The third-order valence-electron chi connectivity index (χ3n) is 3.42. The Kier molecular flexibility index (Phi) is 4.47. The molecule has 2 rings (SSSR count). The van der Waals surface area contributed by atoms with E-state index in [1.54, 1.807) is 6.07 Å². The van der Waals surface area contributed by atoms with E-state index in [0.717, 1.165) is 12.2 Å². The van der Waals surface area contributed by atoms with Crippen LogP contribution in [0.2, 0.25) is 5.02 Å². The number of hydrogen-bond donors (Lipinski definition) is 1. The van der Waals surface area contributed by atoms with Crippen LogP contribution in [-0.2, 0) is 0 Å². The highest BCUT2D eigenvalue weighted by atomic mass is 35.5. The summed E-state index contributed by atoms with van der Waals surface area (Å²) in [6, 6.07) is 4.60. The van der Waals surface area contributed by atoms with E-state index in [4.69, 9.17) is 11.6 Å². The standard InChI is InChI=1S/C13H18ClN3O3/c1-15(2)7-10-5-11(18)8-16(10)13-4-3-9(17(19)20)6-12(13)14/h3-4,6,10-11,18H,5,7-8H2,1-2H3. The van der Waals surface area contributed by atoms with Gasteiger partial charge in [0.05, 0.1) is 21.7 Å². The van der Waals surface area contributed by atoms with Gasteiger partial charge in [0, 0.05) is 31.3 Å². The lowest BCUT2D eigenvalue weighted by Gasteiger charge is -2.29. The minimum atomic E-state index is -0.466. The molecule has 0 aromatic heterocycles. The van der Waals surface area contributed by atoms with Gasteiger partial charge >= 0.3 is 0 Å². The third-order valence-corrected chi connectivity index (χ3v) is 3.72. The fourth-order valence-corrected chi connectivity index (χ4v) is 2.91. The lowest BCUT2D eigenvalue weighted by molar-refractivity contribution is -0.384. The van der Waals surface area contributed by atoms with Crippen molar-refractivity contribution in [3.63, 3.8) is 0 Å². The normalized spacial score (nSPS) is 22.6. The van der Waals surface area contributed by atoms with E-state index >= 15 is 0 Å². The number of nitrogens with zero attached hydrogens (tertiary/aromatic N) is 3. The van der Waals surface area contributed by atoms with Crippen LogP contribution in [0.1, 0.15) is 6.42 Å². The van der Waals surface area contributed by atoms with Gasteiger partial charge in [0.25, 0.3) is 5.69 Å². The van der Waals surface area contributed by atoms with Gasteiger partial charge in [-0.05, 0) is 26.6 Å². The number of aliphatic hydroxyl groups excluding tert-OH is 1. The molecular weight excluding hydrogens is 282 g/mol. The molecule has 0 aliphatic carbocycles. The first kappa shape index (κ1) is 15.0. The molecule has 7 heteroatoms. The van der Waals surface area contributed by atoms with E-state index in [-0.39, 0.29) is 11.7 Å².